The Morgan fingerprint density at radius 3 is 3.00 bits per heavy atom. The Morgan fingerprint density at radius 1 is 1.50 bits per heavy atom. The standard InChI is InChI=1S/C11H13NO2/c1-11(2)4-3-8-6-12-9(7-13)5-10(8)14-11/h3-6,13H,7H2,1-2H3. The van der Waals surface area contributed by atoms with Crippen molar-refractivity contribution in [1.82, 2.24) is 4.98 Å². The Kier molecular flexibility index (Phi) is 2.04. The lowest BCUT2D eigenvalue weighted by molar-refractivity contribution is 0.158. The lowest BCUT2D eigenvalue weighted by Crippen LogP contribution is -2.27. The van der Waals surface area contributed by atoms with E-state index in [-0.39, 0.29) is 12.2 Å². The van der Waals surface area contributed by atoms with Crippen molar-refractivity contribution in [2.75, 3.05) is 0 Å². The third kappa shape index (κ3) is 1.63. The molecule has 2 rings (SSSR count). The number of rotatable bonds is 1. The van der Waals surface area contributed by atoms with Gasteiger partial charge in [-0.1, -0.05) is 0 Å². The third-order valence-corrected chi connectivity index (χ3v) is 2.15. The van der Waals surface area contributed by atoms with Gasteiger partial charge in [0, 0.05) is 17.8 Å². The zero-order chi connectivity index (χ0) is 10.2. The van der Waals surface area contributed by atoms with Gasteiger partial charge in [-0.25, -0.2) is 0 Å². The predicted octanol–water partition coefficient (Wildman–Crippen LogP) is 1.76. The lowest BCUT2D eigenvalue weighted by atomic mass is 10.0. The zero-order valence-electron chi connectivity index (χ0n) is 8.32. The van der Waals surface area contributed by atoms with Crippen LogP contribution < -0.4 is 4.74 Å². The molecule has 3 nitrogen and oxygen atoms in total. The van der Waals surface area contributed by atoms with E-state index in [0.717, 1.165) is 11.3 Å². The summed E-state index contributed by atoms with van der Waals surface area (Å²) >= 11 is 0. The number of fused-ring (bicyclic) bond motifs is 1. The van der Waals surface area contributed by atoms with Crippen molar-refractivity contribution in [1.29, 1.82) is 0 Å². The van der Waals surface area contributed by atoms with Crippen LogP contribution in [0.4, 0.5) is 0 Å². The van der Waals surface area contributed by atoms with E-state index in [0.29, 0.717) is 5.69 Å². The van der Waals surface area contributed by atoms with Gasteiger partial charge in [0.2, 0.25) is 0 Å². The van der Waals surface area contributed by atoms with Crippen LogP contribution in [0, 0.1) is 0 Å². The summed E-state index contributed by atoms with van der Waals surface area (Å²) in [6.45, 7) is 3.93. The molecule has 0 bridgehead atoms. The lowest BCUT2D eigenvalue weighted by Gasteiger charge is -2.27. The Hall–Kier alpha value is -1.35. The minimum atomic E-state index is -0.277. The van der Waals surface area contributed by atoms with Gasteiger partial charge in [0.25, 0.3) is 0 Å². The molecule has 0 saturated carbocycles. The molecule has 14 heavy (non-hydrogen) atoms. The molecule has 0 amide bonds. The summed E-state index contributed by atoms with van der Waals surface area (Å²) in [5.74, 6) is 0.788. The minimum absolute atomic E-state index is 0.0548. The van der Waals surface area contributed by atoms with E-state index in [1.165, 1.54) is 0 Å². The monoisotopic (exact) mass is 191 g/mol. The predicted molar refractivity (Wildman–Crippen MR) is 53.9 cm³/mol. The number of hydrogen-bond donors (Lipinski definition) is 1. The highest BCUT2D eigenvalue weighted by Gasteiger charge is 2.21. The van der Waals surface area contributed by atoms with E-state index < -0.39 is 0 Å². The van der Waals surface area contributed by atoms with Crippen LogP contribution in [-0.4, -0.2) is 15.7 Å². The Bertz CT molecular complexity index is 383. The summed E-state index contributed by atoms with van der Waals surface area (Å²) in [4.78, 5) is 4.08. The largest absolute Gasteiger partial charge is 0.483 e. The second kappa shape index (κ2) is 3.10. The van der Waals surface area contributed by atoms with Crippen molar-refractivity contribution in [2.45, 2.75) is 26.1 Å². The number of aliphatic hydroxyl groups is 1. The molecular weight excluding hydrogens is 178 g/mol. The average Bonchev–Trinajstić information content (AvgIpc) is 2.15. The van der Waals surface area contributed by atoms with Gasteiger partial charge in [-0.2, -0.15) is 0 Å². The first-order valence-electron chi connectivity index (χ1n) is 4.59. The maximum absolute atomic E-state index is 8.93. The summed E-state index contributed by atoms with van der Waals surface area (Å²) in [7, 11) is 0. The fourth-order valence-corrected chi connectivity index (χ4v) is 1.40. The van der Waals surface area contributed by atoms with E-state index in [1.54, 1.807) is 12.3 Å². The van der Waals surface area contributed by atoms with Crippen molar-refractivity contribution < 1.29 is 9.84 Å². The maximum atomic E-state index is 8.93. The molecule has 0 unspecified atom stereocenters. The fraction of sp³-hybridized carbons (Fsp3) is 0.364. The first-order valence-corrected chi connectivity index (χ1v) is 4.59. The highest BCUT2D eigenvalue weighted by molar-refractivity contribution is 5.60. The van der Waals surface area contributed by atoms with Gasteiger partial charge < -0.3 is 9.84 Å². The Balaban J connectivity index is 2.42. The summed E-state index contributed by atoms with van der Waals surface area (Å²) in [5, 5.41) is 8.93. The molecule has 0 atom stereocenters. The first kappa shape index (κ1) is 9.21. The van der Waals surface area contributed by atoms with E-state index in [1.807, 2.05) is 26.0 Å². The molecule has 1 aliphatic heterocycles. The van der Waals surface area contributed by atoms with Gasteiger partial charge in [-0.3, -0.25) is 4.98 Å². The SMILES string of the molecule is CC1(C)C=Cc2cnc(CO)cc2O1. The topological polar surface area (TPSA) is 42.4 Å². The summed E-state index contributed by atoms with van der Waals surface area (Å²) in [6, 6.07) is 1.78. The molecule has 0 radical (unpaired) electrons. The van der Waals surface area contributed by atoms with Crippen LogP contribution in [0.2, 0.25) is 0 Å². The zero-order valence-corrected chi connectivity index (χ0v) is 8.32. The summed E-state index contributed by atoms with van der Waals surface area (Å²) in [6.07, 6.45) is 5.70. The van der Waals surface area contributed by atoms with E-state index in [4.69, 9.17) is 9.84 Å². The molecule has 1 aromatic rings. The summed E-state index contributed by atoms with van der Waals surface area (Å²) < 4.78 is 5.72. The number of nitrogens with zero attached hydrogens (tertiary/aromatic N) is 1. The molecule has 0 aromatic carbocycles. The van der Waals surface area contributed by atoms with Crippen molar-refractivity contribution in [3.8, 4) is 5.75 Å². The molecule has 2 heterocycles. The third-order valence-electron chi connectivity index (χ3n) is 2.15. The van der Waals surface area contributed by atoms with E-state index >= 15 is 0 Å². The van der Waals surface area contributed by atoms with Crippen molar-refractivity contribution in [3.63, 3.8) is 0 Å². The van der Waals surface area contributed by atoms with Gasteiger partial charge in [-0.05, 0) is 26.0 Å². The molecule has 0 aliphatic carbocycles. The van der Waals surface area contributed by atoms with Gasteiger partial charge in [0.05, 0.1) is 12.3 Å². The molecule has 3 heteroatoms. The van der Waals surface area contributed by atoms with Crippen LogP contribution in [0.25, 0.3) is 6.08 Å². The number of aromatic nitrogens is 1. The van der Waals surface area contributed by atoms with E-state index in [9.17, 15) is 0 Å². The van der Waals surface area contributed by atoms with Crippen LogP contribution in [0.5, 0.6) is 5.75 Å². The van der Waals surface area contributed by atoms with Crippen LogP contribution >= 0.6 is 0 Å². The molecule has 1 N–H and O–H groups in total. The van der Waals surface area contributed by atoms with Crippen LogP contribution in [0.15, 0.2) is 18.3 Å². The van der Waals surface area contributed by atoms with Crippen molar-refractivity contribution in [2.24, 2.45) is 0 Å². The van der Waals surface area contributed by atoms with E-state index in [2.05, 4.69) is 4.98 Å². The van der Waals surface area contributed by atoms with Crippen LogP contribution in [0.1, 0.15) is 25.1 Å². The second-order valence-electron chi connectivity index (χ2n) is 3.91. The molecule has 0 saturated heterocycles. The molecule has 1 aromatic heterocycles. The number of pyridine rings is 1. The number of ether oxygens (including phenoxy) is 1. The highest BCUT2D eigenvalue weighted by atomic mass is 16.5. The number of aliphatic hydroxyl groups excluding tert-OH is 1. The smallest absolute Gasteiger partial charge is 0.131 e. The fourth-order valence-electron chi connectivity index (χ4n) is 1.40. The summed E-state index contributed by atoms with van der Waals surface area (Å²) in [5.41, 5.74) is 1.32. The average molecular weight is 191 g/mol. The quantitative estimate of drug-likeness (QED) is 0.735. The molecule has 0 spiro atoms. The van der Waals surface area contributed by atoms with Crippen LogP contribution in [0.3, 0.4) is 0 Å². The Labute approximate surface area is 83.1 Å². The van der Waals surface area contributed by atoms with Crippen molar-refractivity contribution >= 4 is 6.08 Å². The molecule has 74 valence electrons. The second-order valence-corrected chi connectivity index (χ2v) is 3.91. The number of hydrogen-bond acceptors (Lipinski definition) is 3. The normalized spacial score (nSPS) is 17.4. The Morgan fingerprint density at radius 2 is 2.29 bits per heavy atom. The first-order chi connectivity index (χ1) is 6.61. The maximum Gasteiger partial charge on any atom is 0.131 e. The molecular formula is C11H13NO2. The van der Waals surface area contributed by atoms with Gasteiger partial charge >= 0.3 is 0 Å². The molecule has 1 aliphatic rings. The van der Waals surface area contributed by atoms with Gasteiger partial charge in [-0.15, -0.1) is 0 Å². The van der Waals surface area contributed by atoms with Gasteiger partial charge in [0.1, 0.15) is 11.4 Å². The highest BCUT2D eigenvalue weighted by Crippen LogP contribution is 2.30. The minimum Gasteiger partial charge on any atom is -0.483 e. The molecule has 0 fully saturated rings. The van der Waals surface area contributed by atoms with Gasteiger partial charge in [0.15, 0.2) is 0 Å². The van der Waals surface area contributed by atoms with Crippen molar-refractivity contribution in [3.05, 3.63) is 29.6 Å². The van der Waals surface area contributed by atoms with Crippen LogP contribution in [-0.2, 0) is 6.61 Å².